The number of rotatable bonds is 5. The second kappa shape index (κ2) is 5.54. The molecule has 0 fully saturated rings. The first-order valence-electron chi connectivity index (χ1n) is 5.31. The van der Waals surface area contributed by atoms with Crippen LogP contribution in [0, 0.1) is 0 Å². The third kappa shape index (κ3) is 2.59. The molecule has 80 valence electrons. The van der Waals surface area contributed by atoms with E-state index < -0.39 is 0 Å². The Labute approximate surface area is 94.8 Å². The van der Waals surface area contributed by atoms with Crippen LogP contribution in [0.25, 0.3) is 0 Å². The molecular weight excluding hydrogens is 240 g/mol. The summed E-state index contributed by atoms with van der Waals surface area (Å²) in [4.78, 5) is 0. The van der Waals surface area contributed by atoms with Gasteiger partial charge >= 0.3 is 0 Å². The van der Waals surface area contributed by atoms with Gasteiger partial charge in [0.15, 0.2) is 0 Å². The maximum absolute atomic E-state index is 4.43. The van der Waals surface area contributed by atoms with Crippen molar-refractivity contribution in [1.82, 2.24) is 9.78 Å². The van der Waals surface area contributed by atoms with E-state index in [-0.39, 0.29) is 0 Å². The molecule has 0 aromatic carbocycles. The number of alkyl halides is 1. The Bertz CT molecular complexity index is 279. The predicted molar refractivity (Wildman–Crippen MR) is 63.9 cm³/mol. The lowest BCUT2D eigenvalue weighted by molar-refractivity contribution is 0.534. The second-order valence-electron chi connectivity index (χ2n) is 3.92. The zero-order valence-corrected chi connectivity index (χ0v) is 10.8. The van der Waals surface area contributed by atoms with Gasteiger partial charge in [0.05, 0.1) is 6.20 Å². The van der Waals surface area contributed by atoms with E-state index in [0.29, 0.717) is 5.92 Å². The molecular formula is C11H19BrN2. The highest BCUT2D eigenvalue weighted by Crippen LogP contribution is 2.21. The summed E-state index contributed by atoms with van der Waals surface area (Å²) in [5.41, 5.74) is 2.71. The highest BCUT2D eigenvalue weighted by atomic mass is 79.9. The molecule has 0 radical (unpaired) electrons. The zero-order valence-electron chi connectivity index (χ0n) is 9.26. The Kier molecular flexibility index (Phi) is 4.66. The van der Waals surface area contributed by atoms with Gasteiger partial charge in [-0.05, 0) is 12.3 Å². The highest BCUT2D eigenvalue weighted by molar-refractivity contribution is 9.08. The molecule has 0 spiro atoms. The van der Waals surface area contributed by atoms with Gasteiger partial charge in [0.25, 0.3) is 0 Å². The number of unbranched alkanes of at least 4 members (excludes halogenated alkanes) is 1. The van der Waals surface area contributed by atoms with E-state index >= 15 is 0 Å². The molecule has 14 heavy (non-hydrogen) atoms. The monoisotopic (exact) mass is 258 g/mol. The molecule has 0 aliphatic rings. The molecule has 0 amide bonds. The molecule has 1 rings (SSSR count). The van der Waals surface area contributed by atoms with Crippen LogP contribution in [0.3, 0.4) is 0 Å². The van der Waals surface area contributed by atoms with Gasteiger partial charge < -0.3 is 0 Å². The largest absolute Gasteiger partial charge is 0.269 e. The number of hydrogen-bond donors (Lipinski definition) is 0. The van der Waals surface area contributed by atoms with Crippen LogP contribution in [-0.4, -0.2) is 9.78 Å². The van der Waals surface area contributed by atoms with Crippen LogP contribution in [0.15, 0.2) is 6.20 Å². The molecule has 1 heterocycles. The Hall–Kier alpha value is -0.310. The molecule has 1 aromatic heterocycles. The van der Waals surface area contributed by atoms with Gasteiger partial charge in [-0.25, -0.2) is 0 Å². The summed E-state index contributed by atoms with van der Waals surface area (Å²) < 4.78 is 2.16. The summed E-state index contributed by atoms with van der Waals surface area (Å²) in [5.74, 6) is 0.557. The van der Waals surface area contributed by atoms with E-state index in [1.165, 1.54) is 24.1 Å². The smallest absolute Gasteiger partial charge is 0.0533 e. The SMILES string of the molecule is CCCCn1ncc(CBr)c1C(C)C. The number of hydrogen-bond acceptors (Lipinski definition) is 1. The number of halogens is 1. The summed E-state index contributed by atoms with van der Waals surface area (Å²) in [6.07, 6.45) is 4.42. The summed E-state index contributed by atoms with van der Waals surface area (Å²) in [5, 5.41) is 5.34. The minimum atomic E-state index is 0.557. The van der Waals surface area contributed by atoms with Crippen molar-refractivity contribution in [2.45, 2.75) is 51.4 Å². The Morgan fingerprint density at radius 2 is 2.21 bits per heavy atom. The molecule has 0 aliphatic heterocycles. The molecule has 0 N–H and O–H groups in total. The Balaban J connectivity index is 2.87. The van der Waals surface area contributed by atoms with Crippen molar-refractivity contribution in [3.05, 3.63) is 17.5 Å². The molecule has 0 aliphatic carbocycles. The van der Waals surface area contributed by atoms with Crippen LogP contribution < -0.4 is 0 Å². The normalized spacial score (nSPS) is 11.2. The lowest BCUT2D eigenvalue weighted by Crippen LogP contribution is -2.07. The van der Waals surface area contributed by atoms with Gasteiger partial charge in [-0.15, -0.1) is 0 Å². The first-order valence-corrected chi connectivity index (χ1v) is 6.43. The van der Waals surface area contributed by atoms with Crippen molar-refractivity contribution < 1.29 is 0 Å². The fraction of sp³-hybridized carbons (Fsp3) is 0.727. The van der Waals surface area contributed by atoms with E-state index in [0.717, 1.165) is 11.9 Å². The van der Waals surface area contributed by atoms with E-state index in [1.54, 1.807) is 0 Å². The van der Waals surface area contributed by atoms with Crippen LogP contribution in [-0.2, 0) is 11.9 Å². The molecule has 0 saturated carbocycles. The maximum Gasteiger partial charge on any atom is 0.0533 e. The molecule has 0 bridgehead atoms. The van der Waals surface area contributed by atoms with Gasteiger partial charge in [-0.1, -0.05) is 43.1 Å². The lowest BCUT2D eigenvalue weighted by atomic mass is 10.1. The first kappa shape index (κ1) is 11.8. The number of aromatic nitrogens is 2. The van der Waals surface area contributed by atoms with E-state index in [4.69, 9.17) is 0 Å². The Morgan fingerprint density at radius 3 is 2.71 bits per heavy atom. The maximum atomic E-state index is 4.43. The van der Waals surface area contributed by atoms with Crippen LogP contribution in [0.2, 0.25) is 0 Å². The van der Waals surface area contributed by atoms with Crippen molar-refractivity contribution in [3.63, 3.8) is 0 Å². The van der Waals surface area contributed by atoms with Crippen LogP contribution in [0.4, 0.5) is 0 Å². The van der Waals surface area contributed by atoms with Crippen molar-refractivity contribution in [2.24, 2.45) is 0 Å². The Morgan fingerprint density at radius 1 is 1.50 bits per heavy atom. The zero-order chi connectivity index (χ0) is 10.6. The summed E-state index contributed by atoms with van der Waals surface area (Å²) in [7, 11) is 0. The third-order valence-corrected chi connectivity index (χ3v) is 2.98. The van der Waals surface area contributed by atoms with Gasteiger partial charge in [0.1, 0.15) is 0 Å². The topological polar surface area (TPSA) is 17.8 Å². The quantitative estimate of drug-likeness (QED) is 0.737. The molecule has 2 nitrogen and oxygen atoms in total. The van der Waals surface area contributed by atoms with E-state index in [9.17, 15) is 0 Å². The molecule has 0 saturated heterocycles. The first-order chi connectivity index (χ1) is 6.70. The fourth-order valence-corrected chi connectivity index (χ4v) is 2.12. The van der Waals surface area contributed by atoms with Gasteiger partial charge in [0, 0.05) is 23.1 Å². The minimum absolute atomic E-state index is 0.557. The van der Waals surface area contributed by atoms with Gasteiger partial charge in [-0.2, -0.15) is 5.10 Å². The van der Waals surface area contributed by atoms with Gasteiger partial charge in [-0.3, -0.25) is 4.68 Å². The second-order valence-corrected chi connectivity index (χ2v) is 4.48. The summed E-state index contributed by atoms with van der Waals surface area (Å²) in [6, 6.07) is 0. The number of aryl methyl sites for hydroxylation is 1. The van der Waals surface area contributed by atoms with Crippen LogP contribution >= 0.6 is 15.9 Å². The lowest BCUT2D eigenvalue weighted by Gasteiger charge is -2.11. The van der Waals surface area contributed by atoms with E-state index in [1.807, 2.05) is 6.20 Å². The van der Waals surface area contributed by atoms with Crippen LogP contribution in [0.5, 0.6) is 0 Å². The summed E-state index contributed by atoms with van der Waals surface area (Å²) in [6.45, 7) is 7.72. The number of nitrogens with zero attached hydrogens (tertiary/aromatic N) is 2. The van der Waals surface area contributed by atoms with E-state index in [2.05, 4.69) is 46.5 Å². The van der Waals surface area contributed by atoms with Crippen molar-refractivity contribution in [1.29, 1.82) is 0 Å². The van der Waals surface area contributed by atoms with Crippen LogP contribution in [0.1, 0.15) is 50.8 Å². The summed E-state index contributed by atoms with van der Waals surface area (Å²) >= 11 is 3.50. The molecule has 1 aromatic rings. The minimum Gasteiger partial charge on any atom is -0.269 e. The molecule has 3 heteroatoms. The average Bonchev–Trinajstić information content (AvgIpc) is 2.57. The van der Waals surface area contributed by atoms with Gasteiger partial charge in [0.2, 0.25) is 0 Å². The molecule has 0 unspecified atom stereocenters. The van der Waals surface area contributed by atoms with Crippen molar-refractivity contribution >= 4 is 15.9 Å². The molecule has 0 atom stereocenters. The van der Waals surface area contributed by atoms with Crippen molar-refractivity contribution in [3.8, 4) is 0 Å². The van der Waals surface area contributed by atoms with Crippen molar-refractivity contribution in [2.75, 3.05) is 0 Å². The standard InChI is InChI=1S/C11H19BrN2/c1-4-5-6-14-11(9(2)3)10(7-12)8-13-14/h8-9H,4-7H2,1-3H3. The highest BCUT2D eigenvalue weighted by Gasteiger charge is 2.12. The third-order valence-electron chi connectivity index (χ3n) is 2.37. The fourth-order valence-electron chi connectivity index (χ4n) is 1.69. The average molecular weight is 259 g/mol. The predicted octanol–water partition coefficient (Wildman–Crippen LogP) is 3.70.